The molecule has 0 saturated carbocycles. The topological polar surface area (TPSA) is 50.4 Å². The van der Waals surface area contributed by atoms with Crippen LogP contribution < -0.4 is 15.4 Å². The summed E-state index contributed by atoms with van der Waals surface area (Å²) in [6.07, 6.45) is 4.30. The van der Waals surface area contributed by atoms with Crippen molar-refractivity contribution in [2.75, 3.05) is 13.1 Å². The first-order chi connectivity index (χ1) is 13.1. The van der Waals surface area contributed by atoms with Crippen LogP contribution in [0.2, 0.25) is 0 Å². The Morgan fingerprint density at radius 2 is 1.85 bits per heavy atom. The second-order valence-corrected chi connectivity index (χ2v) is 7.12. The van der Waals surface area contributed by atoms with Gasteiger partial charge in [-0.2, -0.15) is 0 Å². The number of carbonyl (C=O) groups is 1. The van der Waals surface area contributed by atoms with E-state index in [1.807, 2.05) is 24.3 Å². The SMILES string of the molecule is CC1CCCN1.Cc1cccc(C)c1COc1ccc(CCNC=O)cc1. The molecule has 1 aliphatic heterocycles. The van der Waals surface area contributed by atoms with Crippen LogP contribution >= 0.6 is 0 Å². The van der Waals surface area contributed by atoms with E-state index in [1.165, 1.54) is 41.6 Å². The van der Waals surface area contributed by atoms with Gasteiger partial charge in [0, 0.05) is 12.6 Å². The van der Waals surface area contributed by atoms with Crippen molar-refractivity contribution in [1.82, 2.24) is 10.6 Å². The first-order valence-electron chi connectivity index (χ1n) is 9.77. The van der Waals surface area contributed by atoms with E-state index >= 15 is 0 Å². The Balaban J connectivity index is 0.000000369. The Hall–Kier alpha value is -2.33. The average molecular weight is 369 g/mol. The van der Waals surface area contributed by atoms with Gasteiger partial charge in [-0.15, -0.1) is 0 Å². The Labute approximate surface area is 163 Å². The van der Waals surface area contributed by atoms with E-state index in [0.717, 1.165) is 24.6 Å². The van der Waals surface area contributed by atoms with Crippen LogP contribution in [-0.4, -0.2) is 25.5 Å². The minimum absolute atomic E-state index is 0.588. The fourth-order valence-corrected chi connectivity index (χ4v) is 3.12. The summed E-state index contributed by atoms with van der Waals surface area (Å²) in [5, 5.41) is 5.98. The first kappa shape index (κ1) is 21.0. The molecular formula is C23H32N2O2. The monoisotopic (exact) mass is 368 g/mol. The van der Waals surface area contributed by atoms with Gasteiger partial charge in [0.1, 0.15) is 12.4 Å². The van der Waals surface area contributed by atoms with Gasteiger partial charge >= 0.3 is 0 Å². The van der Waals surface area contributed by atoms with Crippen molar-refractivity contribution in [2.24, 2.45) is 0 Å². The van der Waals surface area contributed by atoms with Crippen molar-refractivity contribution in [1.29, 1.82) is 0 Å². The summed E-state index contributed by atoms with van der Waals surface area (Å²) in [6, 6.07) is 15.1. The van der Waals surface area contributed by atoms with Crippen molar-refractivity contribution in [2.45, 2.75) is 52.7 Å². The summed E-state index contributed by atoms with van der Waals surface area (Å²) in [6.45, 7) is 8.93. The largest absolute Gasteiger partial charge is 0.489 e. The molecule has 0 aromatic heterocycles. The fourth-order valence-electron chi connectivity index (χ4n) is 3.12. The number of aryl methyl sites for hydroxylation is 2. The van der Waals surface area contributed by atoms with Gasteiger partial charge < -0.3 is 15.4 Å². The summed E-state index contributed by atoms with van der Waals surface area (Å²) < 4.78 is 5.86. The second-order valence-electron chi connectivity index (χ2n) is 7.12. The van der Waals surface area contributed by atoms with E-state index in [1.54, 1.807) is 0 Å². The van der Waals surface area contributed by atoms with Crippen molar-refractivity contribution < 1.29 is 9.53 Å². The molecule has 4 heteroatoms. The zero-order valence-electron chi connectivity index (χ0n) is 16.8. The van der Waals surface area contributed by atoms with Crippen LogP contribution in [0.5, 0.6) is 5.75 Å². The quantitative estimate of drug-likeness (QED) is 0.575. The summed E-state index contributed by atoms with van der Waals surface area (Å²) in [7, 11) is 0. The van der Waals surface area contributed by atoms with Gasteiger partial charge in [-0.05, 0) is 81.0 Å². The molecule has 1 amide bonds. The zero-order valence-corrected chi connectivity index (χ0v) is 16.8. The lowest BCUT2D eigenvalue weighted by atomic mass is 10.0. The molecule has 4 nitrogen and oxygen atoms in total. The Morgan fingerprint density at radius 1 is 1.15 bits per heavy atom. The summed E-state index contributed by atoms with van der Waals surface area (Å²) in [4.78, 5) is 10.2. The lowest BCUT2D eigenvalue weighted by molar-refractivity contribution is -0.109. The van der Waals surface area contributed by atoms with Crippen molar-refractivity contribution in [3.05, 3.63) is 64.7 Å². The molecule has 1 unspecified atom stereocenters. The number of ether oxygens (including phenoxy) is 1. The van der Waals surface area contributed by atoms with E-state index in [2.05, 4.69) is 49.6 Å². The number of hydrogen-bond acceptors (Lipinski definition) is 3. The molecule has 27 heavy (non-hydrogen) atoms. The number of carbonyl (C=O) groups excluding carboxylic acids is 1. The van der Waals surface area contributed by atoms with Gasteiger partial charge in [-0.3, -0.25) is 4.79 Å². The van der Waals surface area contributed by atoms with E-state index < -0.39 is 0 Å². The first-order valence-corrected chi connectivity index (χ1v) is 9.77. The van der Waals surface area contributed by atoms with E-state index in [9.17, 15) is 4.79 Å². The maximum absolute atomic E-state index is 10.2. The average Bonchev–Trinajstić information content (AvgIpc) is 3.14. The van der Waals surface area contributed by atoms with Crippen molar-refractivity contribution >= 4 is 6.41 Å². The highest BCUT2D eigenvalue weighted by Gasteiger charge is 2.05. The third-order valence-electron chi connectivity index (χ3n) is 4.90. The third-order valence-corrected chi connectivity index (χ3v) is 4.90. The van der Waals surface area contributed by atoms with E-state index in [0.29, 0.717) is 13.2 Å². The molecular weight excluding hydrogens is 336 g/mol. The fraction of sp³-hybridized carbons (Fsp3) is 0.435. The Bertz CT molecular complexity index is 672. The lowest BCUT2D eigenvalue weighted by Crippen LogP contribution is -2.16. The number of amides is 1. The highest BCUT2D eigenvalue weighted by atomic mass is 16.5. The van der Waals surface area contributed by atoms with E-state index in [-0.39, 0.29) is 0 Å². The number of nitrogens with one attached hydrogen (secondary N) is 2. The van der Waals surface area contributed by atoms with Crippen molar-refractivity contribution in [3.8, 4) is 5.75 Å². The molecule has 2 aromatic carbocycles. The zero-order chi connectivity index (χ0) is 19.5. The maximum Gasteiger partial charge on any atom is 0.207 e. The second kappa shape index (κ2) is 11.4. The molecule has 0 spiro atoms. The van der Waals surface area contributed by atoms with Gasteiger partial charge in [0.05, 0.1) is 0 Å². The Morgan fingerprint density at radius 3 is 2.37 bits per heavy atom. The Kier molecular flexibility index (Phi) is 8.85. The molecule has 0 radical (unpaired) electrons. The van der Waals surface area contributed by atoms with Crippen molar-refractivity contribution in [3.63, 3.8) is 0 Å². The highest BCUT2D eigenvalue weighted by Crippen LogP contribution is 2.18. The minimum atomic E-state index is 0.588. The number of hydrogen-bond donors (Lipinski definition) is 2. The summed E-state index contributed by atoms with van der Waals surface area (Å²) >= 11 is 0. The summed E-state index contributed by atoms with van der Waals surface area (Å²) in [5.41, 5.74) is 4.94. The van der Waals surface area contributed by atoms with Crippen LogP contribution in [-0.2, 0) is 17.8 Å². The van der Waals surface area contributed by atoms with Crippen LogP contribution in [0.25, 0.3) is 0 Å². The standard InChI is InChI=1S/C18H21NO2.C5H11N/c1-14-4-3-5-15(2)18(14)12-21-17-8-6-16(7-9-17)10-11-19-13-20;1-5-3-2-4-6-5/h3-9,13H,10-12H2,1-2H3,(H,19,20);5-6H,2-4H2,1H3. The smallest absolute Gasteiger partial charge is 0.207 e. The van der Waals surface area contributed by atoms with E-state index in [4.69, 9.17) is 4.74 Å². The molecule has 3 rings (SSSR count). The highest BCUT2D eigenvalue weighted by molar-refractivity contribution is 5.45. The molecule has 146 valence electrons. The predicted octanol–water partition coefficient (Wildman–Crippen LogP) is 3.93. The molecule has 2 aromatic rings. The third kappa shape index (κ3) is 7.43. The number of benzene rings is 2. The summed E-state index contributed by atoms with van der Waals surface area (Å²) in [5.74, 6) is 0.866. The molecule has 1 atom stereocenters. The van der Waals surface area contributed by atoms with Gasteiger partial charge in [0.25, 0.3) is 0 Å². The molecule has 1 fully saturated rings. The molecule has 0 bridgehead atoms. The lowest BCUT2D eigenvalue weighted by Gasteiger charge is -2.12. The predicted molar refractivity (Wildman–Crippen MR) is 111 cm³/mol. The molecule has 1 aliphatic rings. The van der Waals surface area contributed by atoms with Gasteiger partial charge in [-0.1, -0.05) is 30.3 Å². The van der Waals surface area contributed by atoms with Crippen LogP contribution in [0.1, 0.15) is 42.0 Å². The minimum Gasteiger partial charge on any atom is -0.489 e. The van der Waals surface area contributed by atoms with Gasteiger partial charge in [0.15, 0.2) is 0 Å². The molecule has 1 heterocycles. The molecule has 1 saturated heterocycles. The van der Waals surface area contributed by atoms with Gasteiger partial charge in [-0.25, -0.2) is 0 Å². The van der Waals surface area contributed by atoms with Crippen LogP contribution in [0, 0.1) is 13.8 Å². The maximum atomic E-state index is 10.2. The van der Waals surface area contributed by atoms with Crippen LogP contribution in [0.4, 0.5) is 0 Å². The normalized spacial score (nSPS) is 15.6. The van der Waals surface area contributed by atoms with Gasteiger partial charge in [0.2, 0.25) is 6.41 Å². The van der Waals surface area contributed by atoms with Crippen LogP contribution in [0.3, 0.4) is 0 Å². The number of rotatable bonds is 7. The molecule has 0 aliphatic carbocycles. The molecule has 2 N–H and O–H groups in total. The van der Waals surface area contributed by atoms with Crippen LogP contribution in [0.15, 0.2) is 42.5 Å².